The molecule has 140 valence electrons. The number of hydroxylamine groups is 2. The predicted molar refractivity (Wildman–Crippen MR) is 94.8 cm³/mol. The van der Waals surface area contributed by atoms with Gasteiger partial charge in [0, 0.05) is 18.9 Å². The average Bonchev–Trinajstić information content (AvgIpc) is 2.60. The Morgan fingerprint density at radius 2 is 1.88 bits per heavy atom. The topological polar surface area (TPSA) is 87.1 Å². The van der Waals surface area contributed by atoms with Crippen LogP contribution in [-0.2, 0) is 20.8 Å². The highest BCUT2D eigenvalue weighted by molar-refractivity contribution is 5.84. The Balaban J connectivity index is 2.83. The number of nitrogens with zero attached hydrogens (tertiary/aromatic N) is 1. The maximum atomic E-state index is 12.8. The number of aliphatic carboxylic acids is 1. The fourth-order valence-corrected chi connectivity index (χ4v) is 2.56. The zero-order valence-electron chi connectivity index (χ0n) is 15.1. The molecule has 0 fully saturated rings. The molecule has 6 nitrogen and oxygen atoms in total. The summed E-state index contributed by atoms with van der Waals surface area (Å²) in [4.78, 5) is 29.8. The first-order chi connectivity index (χ1) is 12.0. The normalized spacial score (nSPS) is 13.2. The van der Waals surface area contributed by atoms with E-state index >= 15 is 0 Å². The van der Waals surface area contributed by atoms with E-state index in [1.54, 1.807) is 6.92 Å². The van der Waals surface area contributed by atoms with Crippen LogP contribution in [0.3, 0.4) is 0 Å². The lowest BCUT2D eigenvalue weighted by molar-refractivity contribution is -0.211. The number of carboxylic acid groups (broad SMARTS) is 1. The molecule has 1 rings (SSSR count). The summed E-state index contributed by atoms with van der Waals surface area (Å²) in [5, 5.41) is 19.5. The van der Waals surface area contributed by atoms with E-state index in [-0.39, 0.29) is 25.5 Å². The molecule has 0 aliphatic heterocycles. The van der Waals surface area contributed by atoms with Crippen molar-refractivity contribution in [1.82, 2.24) is 5.06 Å². The molecule has 0 aromatic heterocycles. The zero-order chi connectivity index (χ0) is 18.7. The molecule has 25 heavy (non-hydrogen) atoms. The molecule has 0 aliphatic rings. The second kappa shape index (κ2) is 11.6. The first-order valence-electron chi connectivity index (χ1n) is 8.84. The molecule has 0 saturated carbocycles. The molecule has 0 radical (unpaired) electrons. The van der Waals surface area contributed by atoms with Crippen LogP contribution in [-0.4, -0.2) is 46.4 Å². The lowest BCUT2D eigenvalue weighted by Crippen LogP contribution is -2.48. The van der Waals surface area contributed by atoms with Gasteiger partial charge in [-0.25, -0.2) is 9.86 Å². The van der Waals surface area contributed by atoms with Crippen LogP contribution in [0.1, 0.15) is 45.1 Å². The van der Waals surface area contributed by atoms with Crippen molar-refractivity contribution in [2.75, 3.05) is 13.2 Å². The van der Waals surface area contributed by atoms with Crippen LogP contribution in [0.15, 0.2) is 30.3 Å². The molecule has 0 heterocycles. The Morgan fingerprint density at radius 1 is 1.20 bits per heavy atom. The Kier molecular flexibility index (Phi) is 9.80. The molecule has 2 atom stereocenters. The molecule has 2 N–H and O–H groups in total. The molecular formula is C19H29NO5. The molecule has 0 aliphatic carbocycles. The summed E-state index contributed by atoms with van der Waals surface area (Å²) in [6, 6.07) is 8.38. The fraction of sp³-hybridized carbons (Fsp3) is 0.579. The summed E-state index contributed by atoms with van der Waals surface area (Å²) in [5.41, 5.74) is 1.00. The van der Waals surface area contributed by atoms with E-state index < -0.39 is 17.9 Å². The van der Waals surface area contributed by atoms with Gasteiger partial charge in [0.2, 0.25) is 5.91 Å². The van der Waals surface area contributed by atoms with Crippen LogP contribution in [0, 0.1) is 5.92 Å². The van der Waals surface area contributed by atoms with Gasteiger partial charge in [0.05, 0.1) is 6.61 Å². The van der Waals surface area contributed by atoms with Crippen molar-refractivity contribution in [3.05, 3.63) is 35.9 Å². The SMILES string of the molecule is CCCCCON(C(=O)C(C)Cc1ccccc1)[C@@H](CCO)C(=O)O. The van der Waals surface area contributed by atoms with Gasteiger partial charge in [-0.2, -0.15) is 0 Å². The fourth-order valence-electron chi connectivity index (χ4n) is 2.56. The summed E-state index contributed by atoms with van der Waals surface area (Å²) in [5.74, 6) is -1.97. The third-order valence-corrected chi connectivity index (χ3v) is 3.97. The lowest BCUT2D eigenvalue weighted by Gasteiger charge is -2.30. The van der Waals surface area contributed by atoms with Crippen molar-refractivity contribution in [2.24, 2.45) is 5.92 Å². The van der Waals surface area contributed by atoms with Crippen LogP contribution in [0.2, 0.25) is 0 Å². The number of carbonyl (C=O) groups is 2. The molecular weight excluding hydrogens is 322 g/mol. The Morgan fingerprint density at radius 3 is 2.44 bits per heavy atom. The molecule has 0 spiro atoms. The van der Waals surface area contributed by atoms with E-state index in [4.69, 9.17) is 9.94 Å². The number of carboxylic acids is 1. The number of unbranched alkanes of at least 4 members (excludes halogenated alkanes) is 2. The van der Waals surface area contributed by atoms with Crippen molar-refractivity contribution in [3.63, 3.8) is 0 Å². The van der Waals surface area contributed by atoms with Crippen LogP contribution in [0.5, 0.6) is 0 Å². The number of carbonyl (C=O) groups excluding carboxylic acids is 1. The van der Waals surface area contributed by atoms with Crippen molar-refractivity contribution in [3.8, 4) is 0 Å². The minimum atomic E-state index is -1.18. The highest BCUT2D eigenvalue weighted by Crippen LogP contribution is 2.16. The van der Waals surface area contributed by atoms with Crippen LogP contribution >= 0.6 is 0 Å². The monoisotopic (exact) mass is 351 g/mol. The maximum absolute atomic E-state index is 12.8. The first-order valence-corrected chi connectivity index (χ1v) is 8.84. The molecule has 1 aromatic carbocycles. The Labute approximate surface area is 149 Å². The highest BCUT2D eigenvalue weighted by Gasteiger charge is 2.33. The van der Waals surface area contributed by atoms with E-state index in [1.165, 1.54) is 0 Å². The van der Waals surface area contributed by atoms with Gasteiger partial charge in [-0.15, -0.1) is 0 Å². The summed E-state index contributed by atoms with van der Waals surface area (Å²) >= 11 is 0. The molecule has 0 bridgehead atoms. The molecule has 0 saturated heterocycles. The van der Waals surface area contributed by atoms with Crippen molar-refractivity contribution < 1.29 is 24.6 Å². The minimum Gasteiger partial charge on any atom is -0.480 e. The number of hydrogen-bond donors (Lipinski definition) is 2. The standard InChI is InChI=1S/C19H29NO5/c1-3-4-8-13-25-20(17(11-12-21)19(23)24)18(22)15(2)14-16-9-6-5-7-10-16/h5-7,9-10,15,17,21H,3-4,8,11-14H2,1-2H3,(H,23,24)/t15?,17-/m0/s1. The summed E-state index contributed by atoms with van der Waals surface area (Å²) < 4.78 is 0. The first kappa shape index (κ1) is 21.1. The van der Waals surface area contributed by atoms with Gasteiger partial charge in [-0.05, 0) is 18.4 Å². The second-order valence-electron chi connectivity index (χ2n) is 6.16. The lowest BCUT2D eigenvalue weighted by atomic mass is 9.99. The van der Waals surface area contributed by atoms with Gasteiger partial charge in [-0.1, -0.05) is 57.0 Å². The average molecular weight is 351 g/mol. The molecule has 1 unspecified atom stereocenters. The van der Waals surface area contributed by atoms with Crippen molar-refractivity contribution in [2.45, 2.75) is 52.0 Å². The largest absolute Gasteiger partial charge is 0.480 e. The number of amides is 1. The molecule has 6 heteroatoms. The summed E-state index contributed by atoms with van der Waals surface area (Å²) in [6.45, 7) is 3.77. The Bertz CT molecular complexity index is 520. The predicted octanol–water partition coefficient (Wildman–Crippen LogP) is 2.65. The van der Waals surface area contributed by atoms with Crippen LogP contribution in [0.4, 0.5) is 0 Å². The minimum absolute atomic E-state index is 0.0626. The van der Waals surface area contributed by atoms with Gasteiger partial charge >= 0.3 is 5.97 Å². The molecule has 1 aromatic rings. The van der Waals surface area contributed by atoms with Crippen LogP contribution < -0.4 is 0 Å². The Hall–Kier alpha value is -1.92. The molecule has 1 amide bonds. The highest BCUT2D eigenvalue weighted by atomic mass is 16.7. The number of aliphatic hydroxyl groups excluding tert-OH is 1. The third-order valence-electron chi connectivity index (χ3n) is 3.97. The third kappa shape index (κ3) is 7.23. The maximum Gasteiger partial charge on any atom is 0.329 e. The van der Waals surface area contributed by atoms with E-state index in [9.17, 15) is 14.7 Å². The quantitative estimate of drug-likeness (QED) is 0.446. The summed E-state index contributed by atoms with van der Waals surface area (Å²) in [7, 11) is 0. The number of rotatable bonds is 12. The summed E-state index contributed by atoms with van der Waals surface area (Å²) in [6.07, 6.45) is 3.13. The van der Waals surface area contributed by atoms with E-state index in [0.29, 0.717) is 6.42 Å². The van der Waals surface area contributed by atoms with Gasteiger partial charge in [0.15, 0.2) is 6.04 Å². The second-order valence-corrected chi connectivity index (χ2v) is 6.16. The van der Waals surface area contributed by atoms with Gasteiger partial charge in [-0.3, -0.25) is 9.63 Å². The smallest absolute Gasteiger partial charge is 0.329 e. The van der Waals surface area contributed by atoms with E-state index in [2.05, 4.69) is 6.92 Å². The van der Waals surface area contributed by atoms with E-state index in [1.807, 2.05) is 30.3 Å². The van der Waals surface area contributed by atoms with Crippen molar-refractivity contribution >= 4 is 11.9 Å². The van der Waals surface area contributed by atoms with Gasteiger partial charge in [0.1, 0.15) is 0 Å². The van der Waals surface area contributed by atoms with E-state index in [0.717, 1.165) is 29.9 Å². The van der Waals surface area contributed by atoms with Crippen molar-refractivity contribution in [1.29, 1.82) is 0 Å². The van der Waals surface area contributed by atoms with Gasteiger partial charge < -0.3 is 10.2 Å². The zero-order valence-corrected chi connectivity index (χ0v) is 15.1. The number of hydrogen-bond acceptors (Lipinski definition) is 4. The van der Waals surface area contributed by atoms with Crippen LogP contribution in [0.25, 0.3) is 0 Å². The van der Waals surface area contributed by atoms with Gasteiger partial charge in [0.25, 0.3) is 0 Å². The number of aliphatic hydroxyl groups is 1. The number of benzene rings is 1.